The molecule has 5 nitrogen and oxygen atoms in total. The van der Waals surface area contributed by atoms with E-state index in [1.165, 1.54) is 22.7 Å². The van der Waals surface area contributed by atoms with Crippen LogP contribution in [0.25, 0.3) is 11.3 Å². The van der Waals surface area contributed by atoms with E-state index >= 15 is 0 Å². The number of nitrogens with two attached hydrogens (primary N) is 1. The van der Waals surface area contributed by atoms with Crippen LogP contribution < -0.4 is 11.1 Å². The van der Waals surface area contributed by atoms with Gasteiger partial charge in [0.05, 0.1) is 16.8 Å². The van der Waals surface area contributed by atoms with Gasteiger partial charge in [-0.05, 0) is 25.1 Å². The molecule has 3 N–H and O–H groups in total. The maximum atomic E-state index is 12.3. The lowest BCUT2D eigenvalue weighted by Gasteiger charge is -2.05. The number of hydrogen-bond acceptors (Lipinski definition) is 5. The minimum atomic E-state index is -0.552. The Morgan fingerprint density at radius 3 is 2.57 bits per heavy atom. The molecule has 0 aliphatic heterocycles. The van der Waals surface area contributed by atoms with Crippen molar-refractivity contribution in [3.05, 3.63) is 57.2 Å². The Kier molecular flexibility index (Phi) is 4.22. The van der Waals surface area contributed by atoms with Crippen molar-refractivity contribution in [3.8, 4) is 11.3 Å². The number of aryl methyl sites for hydroxylation is 1. The average Bonchev–Trinajstić information content (AvgIpc) is 3.17. The van der Waals surface area contributed by atoms with E-state index in [9.17, 15) is 9.59 Å². The molecule has 0 saturated carbocycles. The summed E-state index contributed by atoms with van der Waals surface area (Å²) in [5, 5.41) is 5.17. The van der Waals surface area contributed by atoms with E-state index in [-0.39, 0.29) is 5.91 Å². The first-order chi connectivity index (χ1) is 11.0. The lowest BCUT2D eigenvalue weighted by Crippen LogP contribution is -2.16. The second-order valence-electron chi connectivity index (χ2n) is 4.87. The van der Waals surface area contributed by atoms with Crippen LogP contribution in [-0.2, 0) is 0 Å². The zero-order valence-corrected chi connectivity index (χ0v) is 13.8. The molecule has 0 radical (unpaired) electrons. The molecule has 3 aromatic rings. The fraction of sp³-hybridized carbons (Fsp3) is 0.0625. The van der Waals surface area contributed by atoms with Crippen LogP contribution in [-0.4, -0.2) is 16.8 Å². The third-order valence-electron chi connectivity index (χ3n) is 3.22. The molecule has 2 amide bonds. The second kappa shape index (κ2) is 6.31. The van der Waals surface area contributed by atoms with Crippen molar-refractivity contribution in [2.75, 3.05) is 5.32 Å². The summed E-state index contributed by atoms with van der Waals surface area (Å²) in [5.41, 5.74) is 9.76. The van der Waals surface area contributed by atoms with E-state index in [2.05, 4.69) is 10.3 Å². The molecule has 23 heavy (non-hydrogen) atoms. The Hall–Kier alpha value is -2.51. The molecule has 1 aromatic carbocycles. The molecule has 7 heteroatoms. The second-order valence-corrected chi connectivity index (χ2v) is 6.84. The maximum absolute atomic E-state index is 12.3. The van der Waals surface area contributed by atoms with Gasteiger partial charge in [0, 0.05) is 21.4 Å². The van der Waals surface area contributed by atoms with E-state index in [0.29, 0.717) is 16.1 Å². The van der Waals surface area contributed by atoms with Gasteiger partial charge in [0.15, 0.2) is 0 Å². The monoisotopic (exact) mass is 343 g/mol. The largest absolute Gasteiger partial charge is 0.366 e. The van der Waals surface area contributed by atoms with Gasteiger partial charge in [-0.25, -0.2) is 4.98 Å². The molecule has 0 atom stereocenters. The zero-order valence-electron chi connectivity index (χ0n) is 12.2. The van der Waals surface area contributed by atoms with E-state index < -0.39 is 5.91 Å². The zero-order chi connectivity index (χ0) is 16.4. The van der Waals surface area contributed by atoms with Crippen LogP contribution in [0.2, 0.25) is 0 Å². The number of thiophene rings is 1. The van der Waals surface area contributed by atoms with Gasteiger partial charge >= 0.3 is 0 Å². The standard InChI is InChI=1S/C16H13N3O2S2/c1-9-6-12(14(17)20)16(23-9)19-15(21)11-4-2-10(3-5-11)13-7-22-8-18-13/h2-8H,1H3,(H2,17,20)(H,19,21). The van der Waals surface area contributed by atoms with Crippen molar-refractivity contribution < 1.29 is 9.59 Å². The van der Waals surface area contributed by atoms with Gasteiger partial charge in [-0.3, -0.25) is 9.59 Å². The Morgan fingerprint density at radius 1 is 1.22 bits per heavy atom. The summed E-state index contributed by atoms with van der Waals surface area (Å²) >= 11 is 2.85. The highest BCUT2D eigenvalue weighted by molar-refractivity contribution is 7.16. The van der Waals surface area contributed by atoms with Gasteiger partial charge in [0.25, 0.3) is 11.8 Å². The van der Waals surface area contributed by atoms with E-state index in [4.69, 9.17) is 5.73 Å². The topological polar surface area (TPSA) is 85.1 Å². The molecule has 0 unspecified atom stereocenters. The minimum absolute atomic E-state index is 0.279. The highest BCUT2D eigenvalue weighted by Crippen LogP contribution is 2.28. The molecule has 2 heterocycles. The van der Waals surface area contributed by atoms with Gasteiger partial charge in [0.2, 0.25) is 0 Å². The molecule has 0 fully saturated rings. The molecular weight excluding hydrogens is 330 g/mol. The van der Waals surface area contributed by atoms with Crippen LogP contribution in [0.1, 0.15) is 25.6 Å². The molecular formula is C16H13N3O2S2. The molecule has 0 spiro atoms. The Labute approximate surface area is 140 Å². The number of amides is 2. The number of hydrogen-bond donors (Lipinski definition) is 2. The molecule has 0 bridgehead atoms. The lowest BCUT2D eigenvalue weighted by atomic mass is 10.1. The van der Waals surface area contributed by atoms with Crippen LogP contribution in [0, 0.1) is 6.92 Å². The number of thiazole rings is 1. The van der Waals surface area contributed by atoms with Crippen LogP contribution in [0.3, 0.4) is 0 Å². The third kappa shape index (κ3) is 3.30. The number of aromatic nitrogens is 1. The quantitative estimate of drug-likeness (QED) is 0.760. The predicted octanol–water partition coefficient (Wildman–Crippen LogP) is 3.53. The van der Waals surface area contributed by atoms with Crippen LogP contribution in [0.15, 0.2) is 41.2 Å². The number of benzene rings is 1. The van der Waals surface area contributed by atoms with Crippen molar-refractivity contribution in [3.63, 3.8) is 0 Å². The fourth-order valence-corrected chi connectivity index (χ4v) is 3.59. The number of carbonyl (C=O) groups is 2. The smallest absolute Gasteiger partial charge is 0.256 e. The Balaban J connectivity index is 1.80. The fourth-order valence-electron chi connectivity index (χ4n) is 2.11. The summed E-state index contributed by atoms with van der Waals surface area (Å²) in [5.74, 6) is -0.831. The van der Waals surface area contributed by atoms with Gasteiger partial charge in [-0.1, -0.05) is 12.1 Å². The summed E-state index contributed by atoms with van der Waals surface area (Å²) in [6.45, 7) is 1.86. The van der Waals surface area contributed by atoms with Gasteiger partial charge < -0.3 is 11.1 Å². The normalized spacial score (nSPS) is 10.5. The number of nitrogens with zero attached hydrogens (tertiary/aromatic N) is 1. The van der Waals surface area contributed by atoms with Crippen LogP contribution in [0.5, 0.6) is 0 Å². The first-order valence-electron chi connectivity index (χ1n) is 6.75. The van der Waals surface area contributed by atoms with Crippen molar-refractivity contribution in [2.24, 2.45) is 5.73 Å². The van der Waals surface area contributed by atoms with E-state index in [0.717, 1.165) is 16.1 Å². The maximum Gasteiger partial charge on any atom is 0.256 e. The predicted molar refractivity (Wildman–Crippen MR) is 93.1 cm³/mol. The number of rotatable bonds is 4. The first kappa shape index (κ1) is 15.4. The molecule has 0 aliphatic rings. The van der Waals surface area contributed by atoms with E-state index in [1.807, 2.05) is 24.4 Å². The van der Waals surface area contributed by atoms with Crippen LogP contribution in [0.4, 0.5) is 5.00 Å². The molecule has 116 valence electrons. The summed E-state index contributed by atoms with van der Waals surface area (Å²) < 4.78 is 0. The molecule has 3 rings (SSSR count). The number of anilines is 1. The number of carbonyl (C=O) groups excluding carboxylic acids is 2. The average molecular weight is 343 g/mol. The minimum Gasteiger partial charge on any atom is -0.366 e. The molecule has 2 aromatic heterocycles. The van der Waals surface area contributed by atoms with E-state index in [1.54, 1.807) is 23.7 Å². The number of nitrogens with one attached hydrogen (secondary N) is 1. The van der Waals surface area contributed by atoms with Crippen molar-refractivity contribution in [1.29, 1.82) is 0 Å². The van der Waals surface area contributed by atoms with Gasteiger partial charge in [-0.2, -0.15) is 0 Å². The number of primary amides is 1. The van der Waals surface area contributed by atoms with Crippen LogP contribution >= 0.6 is 22.7 Å². The Bertz CT molecular complexity index is 852. The first-order valence-corrected chi connectivity index (χ1v) is 8.51. The van der Waals surface area contributed by atoms with Gasteiger partial charge in [-0.15, -0.1) is 22.7 Å². The summed E-state index contributed by atoms with van der Waals surface area (Å²) in [7, 11) is 0. The summed E-state index contributed by atoms with van der Waals surface area (Å²) in [6, 6.07) is 8.83. The molecule has 0 aliphatic carbocycles. The highest BCUT2D eigenvalue weighted by Gasteiger charge is 2.15. The SMILES string of the molecule is Cc1cc(C(N)=O)c(NC(=O)c2ccc(-c3cscn3)cc2)s1. The van der Waals surface area contributed by atoms with Crippen molar-refractivity contribution in [1.82, 2.24) is 4.98 Å². The lowest BCUT2D eigenvalue weighted by molar-refractivity contribution is 0.100. The third-order valence-corrected chi connectivity index (χ3v) is 4.78. The Morgan fingerprint density at radius 2 is 1.96 bits per heavy atom. The molecule has 0 saturated heterocycles. The van der Waals surface area contributed by atoms with Gasteiger partial charge in [0.1, 0.15) is 5.00 Å². The van der Waals surface area contributed by atoms with Crippen molar-refractivity contribution >= 4 is 39.5 Å². The van der Waals surface area contributed by atoms with Crippen molar-refractivity contribution in [2.45, 2.75) is 6.92 Å². The highest BCUT2D eigenvalue weighted by atomic mass is 32.1. The summed E-state index contributed by atoms with van der Waals surface area (Å²) in [4.78, 5) is 28.9. The summed E-state index contributed by atoms with van der Waals surface area (Å²) in [6.07, 6.45) is 0.